The fourth-order valence-corrected chi connectivity index (χ4v) is 7.75. The molecule has 0 radical (unpaired) electrons. The highest BCUT2D eigenvalue weighted by atomic mass is 35.5. The molecule has 2 fully saturated rings. The third-order valence-corrected chi connectivity index (χ3v) is 11.1. The van der Waals surface area contributed by atoms with E-state index in [9.17, 15) is 20.0 Å². The van der Waals surface area contributed by atoms with E-state index in [1.807, 2.05) is 49.4 Å². The van der Waals surface area contributed by atoms with Crippen molar-refractivity contribution < 1.29 is 28.9 Å². The number of halogens is 1. The number of amides is 1. The first kappa shape index (κ1) is 38.0. The standard InChI is InChI=1S/C43H48ClN3O6/c1-43(42(50)52-27-30-14-9-13-29-12-7-8-15-34(29)30)20-18-33(19-21-43)53-38-24-36(39(51-2)22-31(38)25-45)41(49)47-37-23-32(44)16-17-35(37)40(48)46-26-28-10-5-3-4-6-11-28/h7-9,12-17,22-24,28,33,41,47,49H,3-6,10-11,18-21,26-27H2,1-2H3,(H,46,48)/t33-,41?,43+. The molecule has 3 N–H and O–H groups in total. The summed E-state index contributed by atoms with van der Waals surface area (Å²) in [5, 5.41) is 30.2. The lowest BCUT2D eigenvalue weighted by Gasteiger charge is -2.35. The number of carbonyl (C=O) groups excluding carboxylic acids is 2. The SMILES string of the molecule is COc1cc(C#N)c(O[C@H]2CC[C@@](C)(C(=O)OCc3cccc4ccccc34)CC2)cc1C(O)Nc1cc(Cl)ccc1C(=O)NCC1CCCCCC1. The fourth-order valence-electron chi connectivity index (χ4n) is 7.58. The first-order valence-corrected chi connectivity index (χ1v) is 19.0. The molecule has 1 atom stereocenters. The smallest absolute Gasteiger partial charge is 0.312 e. The van der Waals surface area contributed by atoms with Gasteiger partial charge in [0.2, 0.25) is 0 Å². The number of anilines is 1. The van der Waals surface area contributed by atoms with Crippen molar-refractivity contribution in [2.75, 3.05) is 19.0 Å². The van der Waals surface area contributed by atoms with E-state index in [1.165, 1.54) is 38.9 Å². The van der Waals surface area contributed by atoms with Crippen molar-refractivity contribution in [3.05, 3.63) is 100 Å². The zero-order valence-corrected chi connectivity index (χ0v) is 31.2. The van der Waals surface area contributed by atoms with E-state index in [4.69, 9.17) is 25.8 Å². The van der Waals surface area contributed by atoms with Crippen LogP contribution in [0.4, 0.5) is 5.69 Å². The molecule has 53 heavy (non-hydrogen) atoms. The predicted molar refractivity (Wildman–Crippen MR) is 206 cm³/mol. The Bertz CT molecular complexity index is 1950. The molecule has 9 nitrogen and oxygen atoms in total. The number of aliphatic hydroxyl groups excluding tert-OH is 1. The first-order chi connectivity index (χ1) is 25.7. The van der Waals surface area contributed by atoms with Crippen LogP contribution in [0.3, 0.4) is 0 Å². The number of rotatable bonds is 12. The molecule has 6 rings (SSSR count). The van der Waals surface area contributed by atoms with Gasteiger partial charge in [0.15, 0.2) is 6.23 Å². The molecule has 0 aromatic heterocycles. The van der Waals surface area contributed by atoms with Crippen LogP contribution in [0, 0.1) is 22.7 Å². The molecule has 0 saturated heterocycles. The number of fused-ring (bicyclic) bond motifs is 1. The van der Waals surface area contributed by atoms with Crippen LogP contribution in [0.1, 0.15) is 104 Å². The zero-order valence-electron chi connectivity index (χ0n) is 30.5. The Kier molecular flexibility index (Phi) is 12.4. The number of carbonyl (C=O) groups is 2. The minimum atomic E-state index is -1.34. The molecule has 0 spiro atoms. The number of hydrogen-bond donors (Lipinski definition) is 3. The summed E-state index contributed by atoms with van der Waals surface area (Å²) in [4.78, 5) is 26.7. The third-order valence-electron chi connectivity index (χ3n) is 10.9. The summed E-state index contributed by atoms with van der Waals surface area (Å²) in [5.74, 6) is 0.535. The van der Waals surface area contributed by atoms with Crippen LogP contribution in [0.2, 0.25) is 5.02 Å². The number of nitrogens with one attached hydrogen (secondary N) is 2. The summed E-state index contributed by atoms with van der Waals surface area (Å²) in [7, 11) is 1.46. The topological polar surface area (TPSA) is 130 Å². The number of methoxy groups -OCH3 is 1. The highest BCUT2D eigenvalue weighted by Crippen LogP contribution is 2.41. The largest absolute Gasteiger partial charge is 0.496 e. The van der Waals surface area contributed by atoms with E-state index < -0.39 is 11.6 Å². The van der Waals surface area contributed by atoms with E-state index >= 15 is 0 Å². The Balaban J connectivity index is 1.11. The molecule has 1 amide bonds. The average Bonchev–Trinajstić information content (AvgIpc) is 3.46. The quantitative estimate of drug-likeness (QED) is 0.0746. The number of esters is 1. The van der Waals surface area contributed by atoms with Gasteiger partial charge in [0, 0.05) is 23.2 Å². The Morgan fingerprint density at radius 2 is 1.70 bits per heavy atom. The Morgan fingerprint density at radius 1 is 0.962 bits per heavy atom. The monoisotopic (exact) mass is 737 g/mol. The second kappa shape index (κ2) is 17.4. The highest BCUT2D eigenvalue weighted by Gasteiger charge is 2.40. The molecule has 10 heteroatoms. The van der Waals surface area contributed by atoms with Gasteiger partial charge in [0.25, 0.3) is 5.91 Å². The molecule has 0 aliphatic heterocycles. The molecule has 2 saturated carbocycles. The second-order valence-corrected chi connectivity index (χ2v) is 15.0. The second-order valence-electron chi connectivity index (χ2n) is 14.6. The van der Waals surface area contributed by atoms with E-state index in [0.717, 1.165) is 29.2 Å². The number of aliphatic hydroxyl groups is 1. The summed E-state index contributed by atoms with van der Waals surface area (Å²) < 4.78 is 17.8. The van der Waals surface area contributed by atoms with E-state index in [2.05, 4.69) is 16.7 Å². The van der Waals surface area contributed by atoms with Crippen molar-refractivity contribution in [1.29, 1.82) is 5.26 Å². The third kappa shape index (κ3) is 9.24. The van der Waals surface area contributed by atoms with Gasteiger partial charge >= 0.3 is 5.97 Å². The molecule has 4 aromatic rings. The lowest BCUT2D eigenvalue weighted by Crippen LogP contribution is -2.37. The van der Waals surface area contributed by atoms with Gasteiger partial charge in [0.1, 0.15) is 24.2 Å². The first-order valence-electron chi connectivity index (χ1n) is 18.6. The normalized spacial score (nSPS) is 19.7. The van der Waals surface area contributed by atoms with Crippen molar-refractivity contribution in [1.82, 2.24) is 5.32 Å². The van der Waals surface area contributed by atoms with E-state index in [0.29, 0.717) is 65.7 Å². The summed E-state index contributed by atoms with van der Waals surface area (Å²) in [5.41, 5.74) is 1.59. The van der Waals surface area contributed by atoms with Crippen LogP contribution in [-0.4, -0.2) is 36.7 Å². The molecular weight excluding hydrogens is 690 g/mol. The van der Waals surface area contributed by atoms with Crippen molar-refractivity contribution in [2.24, 2.45) is 11.3 Å². The van der Waals surface area contributed by atoms with Crippen LogP contribution >= 0.6 is 11.6 Å². The summed E-state index contributed by atoms with van der Waals surface area (Å²) in [6, 6.07) is 24.2. The van der Waals surface area contributed by atoms with Crippen molar-refractivity contribution in [3.63, 3.8) is 0 Å². The molecule has 4 aromatic carbocycles. The van der Waals surface area contributed by atoms with E-state index in [1.54, 1.807) is 24.3 Å². The molecule has 2 aliphatic carbocycles. The van der Waals surface area contributed by atoms with Gasteiger partial charge in [-0.25, -0.2) is 0 Å². The van der Waals surface area contributed by atoms with Crippen LogP contribution in [-0.2, 0) is 16.1 Å². The van der Waals surface area contributed by atoms with Gasteiger partial charge in [-0.15, -0.1) is 0 Å². The Labute approximate surface area is 316 Å². The van der Waals surface area contributed by atoms with Crippen LogP contribution in [0.25, 0.3) is 10.8 Å². The number of ether oxygens (including phenoxy) is 3. The minimum Gasteiger partial charge on any atom is -0.496 e. The van der Waals surface area contributed by atoms with Crippen molar-refractivity contribution in [2.45, 2.75) is 90.1 Å². The van der Waals surface area contributed by atoms with Crippen molar-refractivity contribution in [3.8, 4) is 17.6 Å². The predicted octanol–water partition coefficient (Wildman–Crippen LogP) is 9.25. The van der Waals surface area contributed by atoms with Gasteiger partial charge in [-0.1, -0.05) is 79.7 Å². The van der Waals surface area contributed by atoms with Gasteiger partial charge in [0.05, 0.1) is 35.4 Å². The average molecular weight is 738 g/mol. The Morgan fingerprint density at radius 3 is 2.43 bits per heavy atom. The maximum absolute atomic E-state index is 13.4. The van der Waals surface area contributed by atoms with Gasteiger partial charge < -0.3 is 30.0 Å². The molecule has 1 unspecified atom stereocenters. The summed E-state index contributed by atoms with van der Waals surface area (Å²) >= 11 is 6.34. The van der Waals surface area contributed by atoms with Crippen LogP contribution in [0.15, 0.2) is 72.8 Å². The van der Waals surface area contributed by atoms with Gasteiger partial charge in [-0.2, -0.15) is 5.26 Å². The lowest BCUT2D eigenvalue weighted by molar-refractivity contribution is -0.159. The summed E-state index contributed by atoms with van der Waals surface area (Å²) in [6.07, 6.45) is 7.72. The maximum atomic E-state index is 13.4. The molecule has 0 heterocycles. The molecule has 278 valence electrons. The van der Waals surface area contributed by atoms with E-state index in [-0.39, 0.29) is 35.9 Å². The fraction of sp³-hybridized carbons (Fsp3) is 0.419. The molecule has 0 bridgehead atoms. The number of nitrogens with zero attached hydrogens (tertiary/aromatic N) is 1. The van der Waals surface area contributed by atoms with Crippen molar-refractivity contribution >= 4 is 39.9 Å². The number of nitriles is 1. The maximum Gasteiger partial charge on any atom is 0.312 e. The van der Waals surface area contributed by atoms with Gasteiger partial charge in [-0.3, -0.25) is 9.59 Å². The van der Waals surface area contributed by atoms with Crippen LogP contribution < -0.4 is 20.1 Å². The zero-order chi connectivity index (χ0) is 37.4. The van der Waals surface area contributed by atoms with Gasteiger partial charge in [-0.05, 0) is 92.0 Å². The molecular formula is C43H48ClN3O6. The summed E-state index contributed by atoms with van der Waals surface area (Å²) in [6.45, 7) is 2.73. The number of hydrogen-bond acceptors (Lipinski definition) is 8. The number of benzene rings is 4. The van der Waals surface area contributed by atoms with Crippen LogP contribution in [0.5, 0.6) is 11.5 Å². The molecule has 2 aliphatic rings. The minimum absolute atomic E-state index is 0.202. The highest BCUT2D eigenvalue weighted by molar-refractivity contribution is 6.31. The lowest BCUT2D eigenvalue weighted by atomic mass is 9.74. The Hall–Kier alpha value is -4.78.